The van der Waals surface area contributed by atoms with E-state index in [0.29, 0.717) is 0 Å². The Morgan fingerprint density at radius 3 is 2.70 bits per heavy atom. The van der Waals surface area contributed by atoms with Crippen LogP contribution in [0.2, 0.25) is 0 Å². The molecule has 2 rings (SSSR count). The fourth-order valence-corrected chi connectivity index (χ4v) is 4.46. The van der Waals surface area contributed by atoms with Crippen molar-refractivity contribution in [2.24, 2.45) is 0 Å². The number of rotatable bonds is 5. The number of thiophene rings is 1. The molecule has 5 heteroatoms. The molecule has 1 unspecified atom stereocenters. The van der Waals surface area contributed by atoms with Crippen LogP contribution in [-0.2, 0) is 0 Å². The molecule has 0 saturated heterocycles. The molecule has 0 radical (unpaired) electrons. The van der Waals surface area contributed by atoms with Gasteiger partial charge in [0.1, 0.15) is 5.82 Å². The summed E-state index contributed by atoms with van der Waals surface area (Å²) in [6.45, 7) is 5.19. The SMILES string of the molecule is CCCNC(c1cc(Br)c(C)s1)c1ccc(F)cc1I. The molecule has 2 aromatic rings. The number of aryl methyl sites for hydroxylation is 1. The second-order valence-electron chi connectivity index (χ2n) is 4.61. The first kappa shape index (κ1) is 16.4. The number of nitrogens with one attached hydrogen (secondary N) is 1. The van der Waals surface area contributed by atoms with Crippen molar-refractivity contribution in [2.75, 3.05) is 6.54 Å². The van der Waals surface area contributed by atoms with Crippen molar-refractivity contribution in [2.45, 2.75) is 26.3 Å². The zero-order chi connectivity index (χ0) is 14.7. The predicted octanol–water partition coefficient (Wildman–Crippen LogP) is 5.65. The third-order valence-electron chi connectivity index (χ3n) is 3.03. The first-order chi connectivity index (χ1) is 9.52. The largest absolute Gasteiger partial charge is 0.306 e. The second kappa shape index (κ2) is 7.33. The number of hydrogen-bond acceptors (Lipinski definition) is 2. The van der Waals surface area contributed by atoms with Gasteiger partial charge in [-0.2, -0.15) is 0 Å². The maximum absolute atomic E-state index is 13.3. The van der Waals surface area contributed by atoms with Gasteiger partial charge in [-0.1, -0.05) is 13.0 Å². The highest BCUT2D eigenvalue weighted by Crippen LogP contribution is 2.35. The Morgan fingerprint density at radius 1 is 1.40 bits per heavy atom. The van der Waals surface area contributed by atoms with E-state index in [-0.39, 0.29) is 11.9 Å². The molecule has 0 amide bonds. The molecule has 1 nitrogen and oxygen atoms in total. The Bertz CT molecular complexity index is 580. The van der Waals surface area contributed by atoms with Gasteiger partial charge in [0, 0.05) is 17.8 Å². The van der Waals surface area contributed by atoms with E-state index in [4.69, 9.17) is 0 Å². The van der Waals surface area contributed by atoms with Crippen LogP contribution in [0.5, 0.6) is 0 Å². The Labute approximate surface area is 145 Å². The smallest absolute Gasteiger partial charge is 0.124 e. The summed E-state index contributed by atoms with van der Waals surface area (Å²) < 4.78 is 15.4. The minimum Gasteiger partial charge on any atom is -0.306 e. The standard InChI is InChI=1S/C15H16BrFINS/c1-3-6-19-15(14-8-12(16)9(2)20-14)11-5-4-10(17)7-13(11)18/h4-5,7-8,15,19H,3,6H2,1-2H3. The molecule has 1 aromatic carbocycles. The van der Waals surface area contributed by atoms with E-state index in [1.807, 2.05) is 6.07 Å². The van der Waals surface area contributed by atoms with E-state index in [1.54, 1.807) is 17.4 Å². The lowest BCUT2D eigenvalue weighted by molar-refractivity contribution is 0.596. The van der Waals surface area contributed by atoms with Crippen LogP contribution in [0.15, 0.2) is 28.7 Å². The fourth-order valence-electron chi connectivity index (χ4n) is 2.01. The fraction of sp³-hybridized carbons (Fsp3) is 0.333. The van der Waals surface area contributed by atoms with Crippen LogP contribution in [0.3, 0.4) is 0 Å². The molecule has 0 aliphatic carbocycles. The molecular weight excluding hydrogens is 452 g/mol. The Hall–Kier alpha value is 0.0200. The van der Waals surface area contributed by atoms with Crippen LogP contribution in [0.25, 0.3) is 0 Å². The normalized spacial score (nSPS) is 12.7. The van der Waals surface area contributed by atoms with Gasteiger partial charge in [0.2, 0.25) is 0 Å². The van der Waals surface area contributed by atoms with Gasteiger partial charge in [-0.25, -0.2) is 4.39 Å². The molecule has 0 fully saturated rings. The van der Waals surface area contributed by atoms with E-state index >= 15 is 0 Å². The summed E-state index contributed by atoms with van der Waals surface area (Å²) in [6.07, 6.45) is 1.07. The third kappa shape index (κ3) is 3.81. The molecular formula is C15H16BrFINS. The summed E-state index contributed by atoms with van der Waals surface area (Å²) in [4.78, 5) is 2.52. The predicted molar refractivity (Wildman–Crippen MR) is 96.0 cm³/mol. The van der Waals surface area contributed by atoms with Crippen molar-refractivity contribution >= 4 is 49.9 Å². The minimum atomic E-state index is -0.184. The molecule has 0 spiro atoms. The quantitative estimate of drug-likeness (QED) is 0.560. The summed E-state index contributed by atoms with van der Waals surface area (Å²) in [5.41, 5.74) is 1.13. The van der Waals surface area contributed by atoms with Crippen LogP contribution >= 0.6 is 49.9 Å². The highest BCUT2D eigenvalue weighted by Gasteiger charge is 2.19. The Balaban J connectivity index is 2.41. The van der Waals surface area contributed by atoms with Gasteiger partial charge in [-0.05, 0) is 82.2 Å². The van der Waals surface area contributed by atoms with Crippen LogP contribution in [0.4, 0.5) is 4.39 Å². The van der Waals surface area contributed by atoms with E-state index in [9.17, 15) is 4.39 Å². The molecule has 0 bridgehead atoms. The third-order valence-corrected chi connectivity index (χ3v) is 6.17. The van der Waals surface area contributed by atoms with Crippen molar-refractivity contribution in [3.8, 4) is 0 Å². The molecule has 0 aliphatic rings. The number of benzene rings is 1. The highest BCUT2D eigenvalue weighted by atomic mass is 127. The van der Waals surface area contributed by atoms with Crippen molar-refractivity contribution in [1.82, 2.24) is 5.32 Å². The van der Waals surface area contributed by atoms with Crippen molar-refractivity contribution < 1.29 is 4.39 Å². The number of hydrogen-bond donors (Lipinski definition) is 1. The van der Waals surface area contributed by atoms with Gasteiger partial charge in [-0.3, -0.25) is 0 Å². The minimum absolute atomic E-state index is 0.123. The summed E-state index contributed by atoms with van der Waals surface area (Å²) in [7, 11) is 0. The van der Waals surface area contributed by atoms with E-state index in [1.165, 1.54) is 15.8 Å². The average molecular weight is 468 g/mol. The molecule has 108 valence electrons. The molecule has 20 heavy (non-hydrogen) atoms. The van der Waals surface area contributed by atoms with Crippen molar-refractivity contribution in [3.05, 3.63) is 53.4 Å². The van der Waals surface area contributed by atoms with Crippen LogP contribution in [0, 0.1) is 16.3 Å². The summed E-state index contributed by atoms with van der Waals surface area (Å²) in [5, 5.41) is 3.57. The maximum atomic E-state index is 13.3. The summed E-state index contributed by atoms with van der Waals surface area (Å²) in [5.74, 6) is -0.184. The summed E-state index contributed by atoms with van der Waals surface area (Å²) >= 11 is 7.56. The average Bonchev–Trinajstić information content (AvgIpc) is 2.72. The molecule has 1 aromatic heterocycles. The monoisotopic (exact) mass is 467 g/mol. The van der Waals surface area contributed by atoms with Gasteiger partial charge in [0.15, 0.2) is 0 Å². The van der Waals surface area contributed by atoms with E-state index in [2.05, 4.69) is 63.8 Å². The van der Waals surface area contributed by atoms with Gasteiger partial charge in [0.05, 0.1) is 6.04 Å². The van der Waals surface area contributed by atoms with Crippen LogP contribution in [0.1, 0.15) is 34.7 Å². The summed E-state index contributed by atoms with van der Waals surface area (Å²) in [6, 6.07) is 7.29. The van der Waals surface area contributed by atoms with E-state index in [0.717, 1.165) is 26.6 Å². The van der Waals surface area contributed by atoms with Crippen LogP contribution in [-0.4, -0.2) is 6.54 Å². The Morgan fingerprint density at radius 2 is 2.15 bits per heavy atom. The van der Waals surface area contributed by atoms with E-state index < -0.39 is 0 Å². The molecule has 1 atom stereocenters. The zero-order valence-corrected chi connectivity index (χ0v) is 15.9. The maximum Gasteiger partial charge on any atom is 0.124 e. The van der Waals surface area contributed by atoms with Gasteiger partial charge in [0.25, 0.3) is 0 Å². The Kier molecular flexibility index (Phi) is 6.01. The lowest BCUT2D eigenvalue weighted by atomic mass is 10.1. The lowest BCUT2D eigenvalue weighted by Crippen LogP contribution is -2.23. The lowest BCUT2D eigenvalue weighted by Gasteiger charge is -2.19. The molecule has 1 N–H and O–H groups in total. The first-order valence-electron chi connectivity index (χ1n) is 6.47. The van der Waals surface area contributed by atoms with Gasteiger partial charge in [-0.15, -0.1) is 11.3 Å². The van der Waals surface area contributed by atoms with Gasteiger partial charge >= 0.3 is 0 Å². The molecule has 0 aliphatic heterocycles. The molecule has 0 saturated carbocycles. The topological polar surface area (TPSA) is 12.0 Å². The highest BCUT2D eigenvalue weighted by molar-refractivity contribution is 14.1. The number of halogens is 3. The molecule has 1 heterocycles. The van der Waals surface area contributed by atoms with Crippen molar-refractivity contribution in [3.63, 3.8) is 0 Å². The van der Waals surface area contributed by atoms with Crippen LogP contribution < -0.4 is 5.32 Å². The van der Waals surface area contributed by atoms with Crippen molar-refractivity contribution in [1.29, 1.82) is 0 Å². The zero-order valence-electron chi connectivity index (χ0n) is 11.3. The first-order valence-corrected chi connectivity index (χ1v) is 9.16. The van der Waals surface area contributed by atoms with Gasteiger partial charge < -0.3 is 5.32 Å². The second-order valence-corrected chi connectivity index (χ2v) is 7.91.